The van der Waals surface area contributed by atoms with Crippen LogP contribution in [0.15, 0.2) is 24.3 Å². The second-order valence-corrected chi connectivity index (χ2v) is 4.85. The van der Waals surface area contributed by atoms with Gasteiger partial charge >= 0.3 is 0 Å². The highest BCUT2D eigenvalue weighted by Crippen LogP contribution is 2.19. The molecule has 102 valence electrons. The first-order chi connectivity index (χ1) is 8.47. The zero-order valence-electron chi connectivity index (χ0n) is 12.9. The maximum Gasteiger partial charge on any atom is 0.120 e. The summed E-state index contributed by atoms with van der Waals surface area (Å²) in [6.45, 7) is 14.5. The van der Waals surface area contributed by atoms with Gasteiger partial charge in [-0.15, -0.1) is 0 Å². The van der Waals surface area contributed by atoms with Crippen LogP contribution in [0.4, 0.5) is 0 Å². The van der Waals surface area contributed by atoms with Crippen molar-refractivity contribution in [2.75, 3.05) is 0 Å². The average Bonchev–Trinajstić information content (AvgIpc) is 2.27. The zero-order chi connectivity index (χ0) is 14.1. The van der Waals surface area contributed by atoms with Crippen molar-refractivity contribution in [2.45, 2.75) is 54.6 Å². The Labute approximate surface area is 113 Å². The molecule has 1 heteroatoms. The molecule has 0 fully saturated rings. The summed E-state index contributed by atoms with van der Waals surface area (Å²) in [7, 11) is 0. The lowest BCUT2D eigenvalue weighted by Crippen LogP contribution is -2.05. The van der Waals surface area contributed by atoms with Crippen LogP contribution >= 0.6 is 0 Å². The standard InChI is InChI=1S/C15H22O.C2H6/c1-11(2)6-7-14-8-13(5)9-15(10-14)16-12(3)4;1-2/h6-12H,1-5H3;1-2H3/b7-6-;. The monoisotopic (exact) mass is 248 g/mol. The number of hydrogen-bond donors (Lipinski definition) is 0. The summed E-state index contributed by atoms with van der Waals surface area (Å²) < 4.78 is 5.71. The van der Waals surface area contributed by atoms with Crippen molar-refractivity contribution >= 4 is 6.08 Å². The minimum Gasteiger partial charge on any atom is -0.491 e. The number of ether oxygens (including phenoxy) is 1. The lowest BCUT2D eigenvalue weighted by molar-refractivity contribution is 0.242. The fourth-order valence-electron chi connectivity index (χ4n) is 1.52. The molecule has 0 aliphatic heterocycles. The molecular formula is C17H28O. The van der Waals surface area contributed by atoms with Gasteiger partial charge in [-0.3, -0.25) is 0 Å². The van der Waals surface area contributed by atoms with Crippen LogP contribution in [0.5, 0.6) is 5.75 Å². The first-order valence-electron chi connectivity index (χ1n) is 6.94. The summed E-state index contributed by atoms with van der Waals surface area (Å²) in [6.07, 6.45) is 4.59. The van der Waals surface area contributed by atoms with Crippen molar-refractivity contribution in [3.05, 3.63) is 35.4 Å². The topological polar surface area (TPSA) is 9.23 Å². The Bertz CT molecular complexity index is 362. The Balaban J connectivity index is 0.00000137. The van der Waals surface area contributed by atoms with Crippen LogP contribution in [0.2, 0.25) is 0 Å². The SMILES string of the molecule is CC.Cc1cc(/C=C\C(C)C)cc(OC(C)C)c1. The predicted molar refractivity (Wildman–Crippen MR) is 82.2 cm³/mol. The minimum absolute atomic E-state index is 0.226. The lowest BCUT2D eigenvalue weighted by atomic mass is 10.1. The van der Waals surface area contributed by atoms with E-state index in [9.17, 15) is 0 Å². The number of allylic oxidation sites excluding steroid dienone is 1. The third-order valence-corrected chi connectivity index (χ3v) is 2.12. The summed E-state index contributed by atoms with van der Waals surface area (Å²) >= 11 is 0. The van der Waals surface area contributed by atoms with Crippen LogP contribution in [0, 0.1) is 12.8 Å². The molecule has 0 radical (unpaired) electrons. The lowest BCUT2D eigenvalue weighted by Gasteiger charge is -2.11. The van der Waals surface area contributed by atoms with Crippen LogP contribution in [-0.2, 0) is 0 Å². The summed E-state index contributed by atoms with van der Waals surface area (Å²) in [5, 5.41) is 0. The fraction of sp³-hybridized carbons (Fsp3) is 0.529. The van der Waals surface area contributed by atoms with E-state index < -0.39 is 0 Å². The normalized spacial score (nSPS) is 10.7. The molecule has 0 aliphatic carbocycles. The molecule has 1 rings (SSSR count). The van der Waals surface area contributed by atoms with Gasteiger partial charge in [0.05, 0.1) is 6.10 Å². The van der Waals surface area contributed by atoms with E-state index in [4.69, 9.17) is 4.74 Å². The van der Waals surface area contributed by atoms with Gasteiger partial charge in [-0.2, -0.15) is 0 Å². The van der Waals surface area contributed by atoms with Crippen molar-refractivity contribution in [2.24, 2.45) is 5.92 Å². The Morgan fingerprint density at radius 2 is 1.61 bits per heavy atom. The molecule has 18 heavy (non-hydrogen) atoms. The Hall–Kier alpha value is -1.24. The molecule has 0 saturated heterocycles. The van der Waals surface area contributed by atoms with E-state index in [0.29, 0.717) is 5.92 Å². The van der Waals surface area contributed by atoms with Crippen molar-refractivity contribution < 1.29 is 4.74 Å². The minimum atomic E-state index is 0.226. The van der Waals surface area contributed by atoms with Gasteiger partial charge in [0, 0.05) is 0 Å². The smallest absolute Gasteiger partial charge is 0.120 e. The van der Waals surface area contributed by atoms with Crippen LogP contribution in [-0.4, -0.2) is 6.10 Å². The molecule has 0 aliphatic rings. The third-order valence-electron chi connectivity index (χ3n) is 2.12. The highest BCUT2D eigenvalue weighted by atomic mass is 16.5. The second-order valence-electron chi connectivity index (χ2n) is 4.85. The maximum atomic E-state index is 5.71. The molecule has 0 N–H and O–H groups in total. The molecule has 1 aromatic rings. The molecule has 1 nitrogen and oxygen atoms in total. The van der Waals surface area contributed by atoms with Crippen molar-refractivity contribution in [3.8, 4) is 5.75 Å². The first kappa shape index (κ1) is 16.8. The van der Waals surface area contributed by atoms with E-state index in [2.05, 4.69) is 51.1 Å². The highest BCUT2D eigenvalue weighted by Gasteiger charge is 2.00. The summed E-state index contributed by atoms with van der Waals surface area (Å²) in [5.74, 6) is 1.54. The first-order valence-corrected chi connectivity index (χ1v) is 6.94. The van der Waals surface area contributed by atoms with E-state index in [-0.39, 0.29) is 6.10 Å². The summed E-state index contributed by atoms with van der Waals surface area (Å²) in [5.41, 5.74) is 2.45. The van der Waals surface area contributed by atoms with Crippen molar-refractivity contribution in [3.63, 3.8) is 0 Å². The highest BCUT2D eigenvalue weighted by molar-refractivity contribution is 5.53. The van der Waals surface area contributed by atoms with Crippen LogP contribution in [0.25, 0.3) is 6.08 Å². The fourth-order valence-corrected chi connectivity index (χ4v) is 1.52. The molecule has 1 aromatic carbocycles. The van der Waals surface area contributed by atoms with E-state index in [1.165, 1.54) is 11.1 Å². The van der Waals surface area contributed by atoms with E-state index in [1.54, 1.807) is 0 Å². The molecule has 0 aromatic heterocycles. The number of hydrogen-bond acceptors (Lipinski definition) is 1. The summed E-state index contributed by atoms with van der Waals surface area (Å²) in [4.78, 5) is 0. The summed E-state index contributed by atoms with van der Waals surface area (Å²) in [6, 6.07) is 6.34. The van der Waals surface area contributed by atoms with E-state index in [1.807, 2.05) is 27.7 Å². The predicted octanol–water partition coefficient (Wildman–Crippen LogP) is 5.48. The maximum absolute atomic E-state index is 5.71. The van der Waals surface area contributed by atoms with Gasteiger partial charge in [0.2, 0.25) is 0 Å². The van der Waals surface area contributed by atoms with Crippen LogP contribution in [0.1, 0.15) is 52.7 Å². The second kappa shape index (κ2) is 8.79. The Morgan fingerprint density at radius 3 is 2.11 bits per heavy atom. The molecule has 0 heterocycles. The number of benzene rings is 1. The largest absolute Gasteiger partial charge is 0.491 e. The van der Waals surface area contributed by atoms with Gasteiger partial charge in [-0.05, 0) is 49.9 Å². The van der Waals surface area contributed by atoms with Gasteiger partial charge in [0.25, 0.3) is 0 Å². The van der Waals surface area contributed by atoms with Crippen LogP contribution < -0.4 is 4.74 Å². The van der Waals surface area contributed by atoms with Gasteiger partial charge in [0.15, 0.2) is 0 Å². The zero-order valence-corrected chi connectivity index (χ0v) is 12.9. The van der Waals surface area contributed by atoms with Crippen LogP contribution in [0.3, 0.4) is 0 Å². The number of rotatable bonds is 4. The number of aryl methyl sites for hydroxylation is 1. The third kappa shape index (κ3) is 7.16. The average molecular weight is 248 g/mol. The molecule has 0 saturated carbocycles. The van der Waals surface area contributed by atoms with Crippen molar-refractivity contribution in [1.82, 2.24) is 0 Å². The van der Waals surface area contributed by atoms with E-state index in [0.717, 1.165) is 5.75 Å². The Morgan fingerprint density at radius 1 is 1.00 bits per heavy atom. The Kier molecular flexibility index (Phi) is 8.19. The van der Waals surface area contributed by atoms with Gasteiger partial charge in [-0.25, -0.2) is 0 Å². The van der Waals surface area contributed by atoms with Gasteiger partial charge in [0.1, 0.15) is 5.75 Å². The molecule has 0 amide bonds. The molecule has 0 unspecified atom stereocenters. The van der Waals surface area contributed by atoms with Gasteiger partial charge in [-0.1, -0.05) is 45.9 Å². The molecule has 0 spiro atoms. The molecular weight excluding hydrogens is 220 g/mol. The quantitative estimate of drug-likeness (QED) is 0.685. The van der Waals surface area contributed by atoms with Crippen molar-refractivity contribution in [1.29, 1.82) is 0 Å². The van der Waals surface area contributed by atoms with E-state index >= 15 is 0 Å². The molecule has 0 atom stereocenters. The van der Waals surface area contributed by atoms with Gasteiger partial charge < -0.3 is 4.74 Å². The molecule has 0 bridgehead atoms.